The Balaban J connectivity index is 1.40. The summed E-state index contributed by atoms with van der Waals surface area (Å²) in [5, 5.41) is 0. The van der Waals surface area contributed by atoms with Crippen LogP contribution in [0.5, 0.6) is 5.75 Å². The lowest BCUT2D eigenvalue weighted by atomic mass is 10.2. The monoisotopic (exact) mass is 399 g/mol. The number of methoxy groups -OCH3 is 1. The number of piperazine rings is 1. The molecule has 1 heterocycles. The molecule has 2 N–H and O–H groups in total. The van der Waals surface area contributed by atoms with E-state index in [0.717, 1.165) is 44.2 Å². The van der Waals surface area contributed by atoms with Crippen LogP contribution in [0, 0.1) is 0 Å². The first-order valence-electron chi connectivity index (χ1n) is 9.67. The van der Waals surface area contributed by atoms with Crippen molar-refractivity contribution in [2.45, 2.75) is 18.3 Å². The number of hydrogen-bond acceptors (Lipinski definition) is 5. The zero-order valence-electron chi connectivity index (χ0n) is 16.4. The molecule has 1 atom stereocenters. The van der Waals surface area contributed by atoms with Crippen LogP contribution >= 0.6 is 11.8 Å². The Labute approximate surface area is 171 Å². The summed E-state index contributed by atoms with van der Waals surface area (Å²) in [7, 11) is 1.69. The van der Waals surface area contributed by atoms with Crippen molar-refractivity contribution in [1.29, 1.82) is 0 Å². The first-order valence-corrected chi connectivity index (χ1v) is 10.8. The number of nitrogens with zero attached hydrogens (tertiary/aromatic N) is 2. The van der Waals surface area contributed by atoms with Gasteiger partial charge in [0.1, 0.15) is 5.75 Å². The van der Waals surface area contributed by atoms with Crippen molar-refractivity contribution in [1.82, 2.24) is 9.80 Å². The van der Waals surface area contributed by atoms with Crippen molar-refractivity contribution in [2.24, 2.45) is 5.73 Å². The smallest absolute Gasteiger partial charge is 0.240 e. The summed E-state index contributed by atoms with van der Waals surface area (Å²) in [5.74, 6) is 2.49. The molecule has 0 bridgehead atoms. The molecule has 0 aromatic heterocycles. The number of thioether (sulfide) groups is 1. The molecule has 0 aliphatic carbocycles. The van der Waals surface area contributed by atoms with Crippen molar-refractivity contribution in [3.05, 3.63) is 65.7 Å². The fraction of sp³-hybridized carbons (Fsp3) is 0.409. The molecule has 28 heavy (non-hydrogen) atoms. The van der Waals surface area contributed by atoms with E-state index in [4.69, 9.17) is 10.5 Å². The third-order valence-corrected chi connectivity index (χ3v) is 6.08. The summed E-state index contributed by atoms with van der Waals surface area (Å²) < 4.78 is 5.29. The molecule has 1 amide bonds. The Hall–Kier alpha value is -2.02. The average molecular weight is 400 g/mol. The molecule has 0 radical (unpaired) electrons. The second-order valence-corrected chi connectivity index (χ2v) is 8.09. The first kappa shape index (κ1) is 20.7. The van der Waals surface area contributed by atoms with Crippen LogP contribution in [-0.4, -0.2) is 60.8 Å². The van der Waals surface area contributed by atoms with Gasteiger partial charge in [0.2, 0.25) is 5.91 Å². The van der Waals surface area contributed by atoms with E-state index >= 15 is 0 Å². The second-order valence-electron chi connectivity index (χ2n) is 7.06. The zero-order chi connectivity index (χ0) is 19.8. The van der Waals surface area contributed by atoms with Crippen LogP contribution in [0.2, 0.25) is 0 Å². The SMILES string of the molecule is COc1cccc(CN2CCN(C(=O)[C@@H](N)CSCc3ccccc3)CC2)c1. The molecule has 3 rings (SSSR count). The quantitative estimate of drug-likeness (QED) is 0.739. The van der Waals surface area contributed by atoms with Crippen molar-refractivity contribution in [3.63, 3.8) is 0 Å². The molecular formula is C22H29N3O2S. The first-order chi connectivity index (χ1) is 13.7. The highest BCUT2D eigenvalue weighted by Crippen LogP contribution is 2.16. The Kier molecular flexibility index (Phi) is 7.77. The molecule has 2 aromatic carbocycles. The van der Waals surface area contributed by atoms with Crippen molar-refractivity contribution < 1.29 is 9.53 Å². The molecule has 1 aliphatic rings. The topological polar surface area (TPSA) is 58.8 Å². The van der Waals surface area contributed by atoms with Gasteiger partial charge < -0.3 is 15.4 Å². The van der Waals surface area contributed by atoms with Crippen LogP contribution < -0.4 is 10.5 Å². The summed E-state index contributed by atoms with van der Waals surface area (Å²) in [5.41, 5.74) is 8.65. The molecule has 1 fully saturated rings. The van der Waals surface area contributed by atoms with Gasteiger partial charge in [-0.1, -0.05) is 42.5 Å². The normalized spacial score (nSPS) is 16.0. The summed E-state index contributed by atoms with van der Waals surface area (Å²) in [6.45, 7) is 4.08. The van der Waals surface area contributed by atoms with E-state index in [-0.39, 0.29) is 5.91 Å². The fourth-order valence-corrected chi connectivity index (χ4v) is 4.28. The van der Waals surface area contributed by atoms with E-state index in [0.29, 0.717) is 5.75 Å². The summed E-state index contributed by atoms with van der Waals surface area (Å²) in [4.78, 5) is 16.9. The van der Waals surface area contributed by atoms with E-state index in [1.807, 2.05) is 35.2 Å². The molecule has 2 aromatic rings. The number of benzene rings is 2. The number of carbonyl (C=O) groups is 1. The van der Waals surface area contributed by atoms with Crippen LogP contribution in [0.25, 0.3) is 0 Å². The Morgan fingerprint density at radius 2 is 1.79 bits per heavy atom. The van der Waals surface area contributed by atoms with Gasteiger partial charge in [0.05, 0.1) is 13.2 Å². The minimum absolute atomic E-state index is 0.0709. The lowest BCUT2D eigenvalue weighted by Crippen LogP contribution is -2.53. The van der Waals surface area contributed by atoms with Crippen molar-refractivity contribution in [2.75, 3.05) is 39.0 Å². The lowest BCUT2D eigenvalue weighted by Gasteiger charge is -2.36. The number of amides is 1. The Morgan fingerprint density at radius 3 is 2.50 bits per heavy atom. The van der Waals surface area contributed by atoms with E-state index < -0.39 is 6.04 Å². The maximum Gasteiger partial charge on any atom is 0.240 e. The summed E-state index contributed by atoms with van der Waals surface area (Å²) >= 11 is 1.72. The predicted molar refractivity (Wildman–Crippen MR) is 115 cm³/mol. The van der Waals surface area contributed by atoms with Crippen LogP contribution in [0.1, 0.15) is 11.1 Å². The third kappa shape index (κ3) is 5.99. The summed E-state index contributed by atoms with van der Waals surface area (Å²) in [6.07, 6.45) is 0. The maximum absolute atomic E-state index is 12.6. The van der Waals surface area contributed by atoms with Gasteiger partial charge in [-0.05, 0) is 23.3 Å². The van der Waals surface area contributed by atoms with Crippen molar-refractivity contribution in [3.8, 4) is 5.75 Å². The van der Waals surface area contributed by atoms with Gasteiger partial charge >= 0.3 is 0 Å². The van der Waals surface area contributed by atoms with E-state index in [1.54, 1.807) is 18.9 Å². The lowest BCUT2D eigenvalue weighted by molar-refractivity contribution is -0.133. The molecule has 5 nitrogen and oxygen atoms in total. The molecule has 0 saturated carbocycles. The molecule has 1 aliphatic heterocycles. The zero-order valence-corrected chi connectivity index (χ0v) is 17.2. The number of ether oxygens (including phenoxy) is 1. The molecule has 1 saturated heterocycles. The molecule has 6 heteroatoms. The van der Waals surface area contributed by atoms with Gasteiger partial charge in [-0.15, -0.1) is 0 Å². The van der Waals surface area contributed by atoms with Gasteiger partial charge in [-0.25, -0.2) is 0 Å². The minimum Gasteiger partial charge on any atom is -0.497 e. The van der Waals surface area contributed by atoms with Gasteiger partial charge in [-0.2, -0.15) is 11.8 Å². The number of rotatable bonds is 8. The van der Waals surface area contributed by atoms with Gasteiger partial charge in [0, 0.05) is 44.2 Å². The number of carbonyl (C=O) groups excluding carboxylic acids is 1. The standard InChI is InChI=1S/C22H29N3O2S/c1-27-20-9-5-8-19(14-20)15-24-10-12-25(13-11-24)22(26)21(23)17-28-16-18-6-3-2-4-7-18/h2-9,14,21H,10-13,15-17,23H2,1H3/t21-/m0/s1. The molecular weight excluding hydrogens is 370 g/mol. The van der Waals surface area contributed by atoms with Crippen LogP contribution in [-0.2, 0) is 17.1 Å². The van der Waals surface area contributed by atoms with Gasteiger partial charge in [0.15, 0.2) is 0 Å². The number of hydrogen-bond donors (Lipinski definition) is 1. The highest BCUT2D eigenvalue weighted by Gasteiger charge is 2.25. The highest BCUT2D eigenvalue weighted by molar-refractivity contribution is 7.98. The van der Waals surface area contributed by atoms with E-state index in [2.05, 4.69) is 29.2 Å². The fourth-order valence-electron chi connectivity index (χ4n) is 3.34. The third-order valence-electron chi connectivity index (χ3n) is 4.95. The second kappa shape index (κ2) is 10.5. The highest BCUT2D eigenvalue weighted by atomic mass is 32.2. The van der Waals surface area contributed by atoms with Gasteiger partial charge in [-0.3, -0.25) is 9.69 Å². The summed E-state index contributed by atoms with van der Waals surface area (Å²) in [6, 6.07) is 18.0. The largest absolute Gasteiger partial charge is 0.497 e. The molecule has 150 valence electrons. The maximum atomic E-state index is 12.6. The van der Waals surface area contributed by atoms with E-state index in [9.17, 15) is 4.79 Å². The molecule has 0 spiro atoms. The van der Waals surface area contributed by atoms with Crippen molar-refractivity contribution >= 4 is 17.7 Å². The Morgan fingerprint density at radius 1 is 1.07 bits per heavy atom. The van der Waals surface area contributed by atoms with Gasteiger partial charge in [0.25, 0.3) is 0 Å². The minimum atomic E-state index is -0.432. The molecule has 0 unspecified atom stereocenters. The van der Waals surface area contributed by atoms with Crippen LogP contribution in [0.15, 0.2) is 54.6 Å². The van der Waals surface area contributed by atoms with Crippen LogP contribution in [0.4, 0.5) is 0 Å². The Bertz CT molecular complexity index is 748. The average Bonchev–Trinajstić information content (AvgIpc) is 2.74. The predicted octanol–water partition coefficient (Wildman–Crippen LogP) is 2.60. The number of nitrogens with two attached hydrogens (primary N) is 1. The van der Waals surface area contributed by atoms with E-state index in [1.165, 1.54) is 11.1 Å². The van der Waals surface area contributed by atoms with Crippen LogP contribution in [0.3, 0.4) is 0 Å².